The second kappa shape index (κ2) is 9.67. The molecule has 25 heavy (non-hydrogen) atoms. The van der Waals surface area contributed by atoms with E-state index in [1.165, 1.54) is 0 Å². The number of cyclic esters (lactones) is 1. The molecule has 3 saturated heterocycles. The first-order valence-corrected chi connectivity index (χ1v) is 9.35. The van der Waals surface area contributed by atoms with E-state index >= 15 is 0 Å². The van der Waals surface area contributed by atoms with Gasteiger partial charge in [0.2, 0.25) is 0 Å². The van der Waals surface area contributed by atoms with Crippen molar-refractivity contribution in [2.45, 2.75) is 18.2 Å². The van der Waals surface area contributed by atoms with Gasteiger partial charge in [-0.05, 0) is 0 Å². The minimum Gasteiger partial charge on any atom is -0.445 e. The Morgan fingerprint density at radius 2 is 2.08 bits per heavy atom. The van der Waals surface area contributed by atoms with E-state index in [1.54, 1.807) is 4.90 Å². The average Bonchev–Trinajstić information content (AvgIpc) is 3.21. The first kappa shape index (κ1) is 21.9. The van der Waals surface area contributed by atoms with E-state index < -0.39 is 0 Å². The van der Waals surface area contributed by atoms with Crippen molar-refractivity contribution < 1.29 is 63.9 Å². The average molecular weight is 716 g/mol. The Labute approximate surface area is 197 Å². The van der Waals surface area contributed by atoms with Crippen LogP contribution in [-0.4, -0.2) is 61.6 Å². The zero-order valence-electron chi connectivity index (χ0n) is 13.6. The van der Waals surface area contributed by atoms with Crippen LogP contribution in [0.5, 0.6) is 0 Å². The first-order chi connectivity index (χ1) is 11.3. The number of carbonyl (C=O) groups is 1. The molecule has 3 fully saturated rings. The Hall–Kier alpha value is 0.576. The molecule has 1 aromatic rings. The van der Waals surface area contributed by atoms with Crippen LogP contribution >= 0.6 is 22.6 Å². The second-order valence-corrected chi connectivity index (χ2v) is 6.83. The Bertz CT molecular complexity index is 594. The summed E-state index contributed by atoms with van der Waals surface area (Å²) in [4.78, 5) is 15.9. The number of rotatable bonds is 3. The van der Waals surface area contributed by atoms with E-state index in [2.05, 4.69) is 44.9 Å². The SMILES string of the molecule is O=C1OC(CI)CN1c1c[c-]c(N2CCOC3CNCC32)[c-]c1.[U].[V]. The van der Waals surface area contributed by atoms with Crippen molar-refractivity contribution in [2.24, 2.45) is 0 Å². The van der Waals surface area contributed by atoms with Gasteiger partial charge in [0.1, 0.15) is 6.10 Å². The zero-order chi connectivity index (χ0) is 15.8. The fourth-order valence-electron chi connectivity index (χ4n) is 3.37. The molecule has 4 rings (SSSR count). The predicted octanol–water partition coefficient (Wildman–Crippen LogP) is 1.22. The van der Waals surface area contributed by atoms with Gasteiger partial charge in [0.05, 0.1) is 18.8 Å². The number of anilines is 2. The molecule has 0 aromatic heterocycles. The molecule has 1 radical (unpaired) electrons. The van der Waals surface area contributed by atoms with Gasteiger partial charge in [-0.3, -0.25) is 12.1 Å². The van der Waals surface area contributed by atoms with Gasteiger partial charge in [0.25, 0.3) is 0 Å². The number of alkyl halides is 1. The van der Waals surface area contributed by atoms with Crippen LogP contribution in [0.1, 0.15) is 0 Å². The maximum absolute atomic E-state index is 11.9. The van der Waals surface area contributed by atoms with E-state index in [9.17, 15) is 4.79 Å². The summed E-state index contributed by atoms with van der Waals surface area (Å²) in [6.07, 6.45) is -0.0804. The molecule has 3 heterocycles. The second-order valence-electron chi connectivity index (χ2n) is 5.95. The minimum absolute atomic E-state index is 0. The van der Waals surface area contributed by atoms with E-state index in [0.717, 1.165) is 42.0 Å². The van der Waals surface area contributed by atoms with Crippen molar-refractivity contribution in [3.63, 3.8) is 0 Å². The molecule has 133 valence electrons. The molecule has 3 aliphatic heterocycles. The fraction of sp³-hybridized carbons (Fsp3) is 0.562. The molecule has 1 amide bonds. The van der Waals surface area contributed by atoms with Crippen molar-refractivity contribution in [3.05, 3.63) is 24.3 Å². The zero-order valence-corrected chi connectivity index (χ0v) is 21.3. The molecule has 9 heteroatoms. The number of morpholine rings is 1. The maximum Gasteiger partial charge on any atom is 0.393 e. The molecule has 1 N–H and O–H groups in total. The van der Waals surface area contributed by atoms with Crippen molar-refractivity contribution in [2.75, 3.05) is 47.0 Å². The minimum atomic E-state index is -0.285. The molecule has 0 saturated carbocycles. The number of amides is 1. The monoisotopic (exact) mass is 716 g/mol. The summed E-state index contributed by atoms with van der Waals surface area (Å²) in [5.74, 6) is 0. The number of nitrogens with one attached hydrogen (secondary N) is 1. The third kappa shape index (κ3) is 4.53. The molecule has 0 spiro atoms. The first-order valence-electron chi connectivity index (χ1n) is 7.83. The van der Waals surface area contributed by atoms with Gasteiger partial charge < -0.3 is 36.7 Å². The summed E-state index contributed by atoms with van der Waals surface area (Å²) < 4.78 is 11.9. The molecule has 3 atom stereocenters. The number of fused-ring (bicyclic) bond motifs is 1. The van der Waals surface area contributed by atoms with Crippen LogP contribution in [-0.2, 0) is 28.0 Å². The summed E-state index contributed by atoms with van der Waals surface area (Å²) in [7, 11) is 0. The summed E-state index contributed by atoms with van der Waals surface area (Å²) in [5, 5.41) is 3.37. The Morgan fingerprint density at radius 3 is 2.76 bits per heavy atom. The molecular formula is C16H18IN3O3UV-2. The molecule has 3 unspecified atom stereocenters. The molecule has 0 bridgehead atoms. The van der Waals surface area contributed by atoms with Crippen LogP contribution in [0.25, 0.3) is 0 Å². The Kier molecular flexibility index (Phi) is 8.46. The molecule has 6 nitrogen and oxygen atoms in total. The number of halogens is 1. The number of carbonyl (C=O) groups excluding carboxylic acids is 1. The summed E-state index contributed by atoms with van der Waals surface area (Å²) in [6, 6.07) is 10.6. The van der Waals surface area contributed by atoms with E-state index in [1.807, 2.05) is 12.1 Å². The third-order valence-electron chi connectivity index (χ3n) is 4.55. The van der Waals surface area contributed by atoms with Crippen LogP contribution in [0, 0.1) is 43.2 Å². The maximum atomic E-state index is 11.9. The molecule has 1 aromatic carbocycles. The summed E-state index contributed by atoms with van der Waals surface area (Å²) >= 11 is 2.23. The number of hydrogen-bond donors (Lipinski definition) is 1. The van der Waals surface area contributed by atoms with E-state index in [0.29, 0.717) is 12.6 Å². The standard InChI is InChI=1S/C16H18IN3O3.U.V/c17-7-13-10-20(16(21)23-13)12-3-1-11(2-4-12)19-5-6-22-15-9-18-8-14(15)19;;/h3-4,13-15,18H,5-10H2;;/q-2;;. The predicted molar refractivity (Wildman–Crippen MR) is 94.4 cm³/mol. The number of ether oxygens (including phenoxy) is 2. The van der Waals surface area contributed by atoms with Crippen LogP contribution in [0.3, 0.4) is 0 Å². The van der Waals surface area contributed by atoms with Crippen LogP contribution < -0.4 is 15.1 Å². The van der Waals surface area contributed by atoms with E-state index in [4.69, 9.17) is 9.47 Å². The Morgan fingerprint density at radius 1 is 1.32 bits per heavy atom. The molecular weight excluding hydrogens is 698 g/mol. The molecule has 0 aliphatic carbocycles. The number of hydrogen-bond acceptors (Lipinski definition) is 5. The van der Waals surface area contributed by atoms with Gasteiger partial charge in [-0.2, -0.15) is 5.69 Å². The van der Waals surface area contributed by atoms with Crippen molar-refractivity contribution >= 4 is 40.1 Å². The topological polar surface area (TPSA) is 54.0 Å². The third-order valence-corrected chi connectivity index (χ3v) is 5.53. The van der Waals surface area contributed by atoms with Gasteiger partial charge in [0, 0.05) is 80.3 Å². The van der Waals surface area contributed by atoms with Crippen LogP contribution in [0.4, 0.5) is 16.2 Å². The summed E-state index contributed by atoms with van der Waals surface area (Å²) in [6.45, 7) is 3.98. The van der Waals surface area contributed by atoms with Crippen molar-refractivity contribution in [3.8, 4) is 0 Å². The summed E-state index contributed by atoms with van der Waals surface area (Å²) in [5.41, 5.74) is 1.73. The van der Waals surface area contributed by atoms with Gasteiger partial charge >= 0.3 is 6.09 Å². The van der Waals surface area contributed by atoms with Crippen molar-refractivity contribution in [1.82, 2.24) is 5.32 Å². The van der Waals surface area contributed by atoms with E-state index in [-0.39, 0.29) is 68.0 Å². The van der Waals surface area contributed by atoms with Crippen LogP contribution in [0.15, 0.2) is 12.1 Å². The van der Waals surface area contributed by atoms with Crippen molar-refractivity contribution in [1.29, 1.82) is 0 Å². The van der Waals surface area contributed by atoms with Gasteiger partial charge in [-0.1, -0.05) is 22.6 Å². The smallest absolute Gasteiger partial charge is 0.393 e. The largest absolute Gasteiger partial charge is 0.445 e. The quantitative estimate of drug-likeness (QED) is 0.290. The number of nitrogens with zero attached hydrogens (tertiary/aromatic N) is 2. The molecule has 3 aliphatic rings. The Balaban J connectivity index is 0.00000113. The normalized spacial score (nSPS) is 28.0. The number of benzene rings is 1. The fourth-order valence-corrected chi connectivity index (χ4v) is 3.83. The van der Waals surface area contributed by atoms with Gasteiger partial charge in [-0.15, -0.1) is 0 Å². The van der Waals surface area contributed by atoms with Gasteiger partial charge in [-0.25, -0.2) is 10.5 Å². The van der Waals surface area contributed by atoms with Crippen LogP contribution in [0.2, 0.25) is 0 Å². The van der Waals surface area contributed by atoms with Gasteiger partial charge in [0.15, 0.2) is 0 Å².